The topological polar surface area (TPSA) is 69.7 Å². The predicted octanol–water partition coefficient (Wildman–Crippen LogP) is 1.61. The maximum Gasteiger partial charge on any atom is 0.240 e. The Morgan fingerprint density at radius 1 is 1.08 bits per heavy atom. The van der Waals surface area contributed by atoms with Crippen LogP contribution < -0.4 is 4.72 Å². The van der Waals surface area contributed by atoms with E-state index in [9.17, 15) is 13.2 Å². The SMILES string of the molecule is CC(CNS(=O)(=O)c1ccc(CCN2CCCC2=O)cc1)N1CCCC1. The van der Waals surface area contributed by atoms with Crippen LogP contribution in [0.3, 0.4) is 0 Å². The molecule has 2 aliphatic heterocycles. The van der Waals surface area contributed by atoms with E-state index < -0.39 is 10.0 Å². The van der Waals surface area contributed by atoms with Crippen molar-refractivity contribution < 1.29 is 13.2 Å². The minimum absolute atomic E-state index is 0.213. The lowest BCUT2D eigenvalue weighted by molar-refractivity contribution is -0.127. The van der Waals surface area contributed by atoms with Crippen LogP contribution in [-0.4, -0.2) is 62.9 Å². The first-order valence-corrected chi connectivity index (χ1v) is 11.0. The second-order valence-electron chi connectivity index (χ2n) is 7.32. The second-order valence-corrected chi connectivity index (χ2v) is 9.09. The molecule has 6 nitrogen and oxygen atoms in total. The van der Waals surface area contributed by atoms with Gasteiger partial charge in [-0.25, -0.2) is 13.1 Å². The smallest absolute Gasteiger partial charge is 0.240 e. The van der Waals surface area contributed by atoms with E-state index in [2.05, 4.69) is 16.5 Å². The van der Waals surface area contributed by atoms with Gasteiger partial charge in [-0.15, -0.1) is 0 Å². The van der Waals surface area contributed by atoms with Crippen molar-refractivity contribution >= 4 is 15.9 Å². The number of nitrogens with zero attached hydrogens (tertiary/aromatic N) is 2. The Hall–Kier alpha value is -1.44. The summed E-state index contributed by atoms with van der Waals surface area (Å²) in [6, 6.07) is 7.22. The van der Waals surface area contributed by atoms with E-state index in [1.165, 1.54) is 12.8 Å². The van der Waals surface area contributed by atoms with E-state index in [4.69, 9.17) is 0 Å². The number of amides is 1. The molecule has 0 spiro atoms. The molecule has 0 saturated carbocycles. The van der Waals surface area contributed by atoms with Crippen LogP contribution >= 0.6 is 0 Å². The molecule has 0 aromatic heterocycles. The molecule has 3 rings (SSSR count). The Morgan fingerprint density at radius 2 is 1.77 bits per heavy atom. The number of rotatable bonds is 8. The summed E-state index contributed by atoms with van der Waals surface area (Å²) < 4.78 is 27.7. The lowest BCUT2D eigenvalue weighted by atomic mass is 10.1. The van der Waals surface area contributed by atoms with Gasteiger partial charge in [0.2, 0.25) is 15.9 Å². The molecule has 1 atom stereocenters. The Labute approximate surface area is 156 Å². The highest BCUT2D eigenvalue weighted by atomic mass is 32.2. The summed E-state index contributed by atoms with van der Waals surface area (Å²) in [7, 11) is -3.48. The number of likely N-dealkylation sites (tertiary alicyclic amines) is 2. The van der Waals surface area contributed by atoms with Gasteiger partial charge >= 0.3 is 0 Å². The van der Waals surface area contributed by atoms with Gasteiger partial charge in [-0.3, -0.25) is 9.69 Å². The van der Waals surface area contributed by atoms with Crippen LogP contribution in [0.5, 0.6) is 0 Å². The van der Waals surface area contributed by atoms with E-state index in [-0.39, 0.29) is 11.9 Å². The van der Waals surface area contributed by atoms with E-state index >= 15 is 0 Å². The third-order valence-electron chi connectivity index (χ3n) is 5.41. The first kappa shape index (κ1) is 19.3. The summed E-state index contributed by atoms with van der Waals surface area (Å²) in [4.78, 5) is 16.1. The summed E-state index contributed by atoms with van der Waals surface area (Å²) in [6.07, 6.45) is 4.74. The van der Waals surface area contributed by atoms with Gasteiger partial charge in [0, 0.05) is 32.1 Å². The van der Waals surface area contributed by atoms with Gasteiger partial charge in [-0.2, -0.15) is 0 Å². The number of hydrogen-bond donors (Lipinski definition) is 1. The molecule has 7 heteroatoms. The largest absolute Gasteiger partial charge is 0.342 e. The molecule has 1 amide bonds. The van der Waals surface area contributed by atoms with Gasteiger partial charge in [0.05, 0.1) is 4.90 Å². The number of carbonyl (C=O) groups excluding carboxylic acids is 1. The summed E-state index contributed by atoms with van der Waals surface area (Å²) in [5.74, 6) is 0.223. The van der Waals surface area contributed by atoms with Crippen molar-refractivity contribution in [3.05, 3.63) is 29.8 Å². The summed E-state index contributed by atoms with van der Waals surface area (Å²) in [5.41, 5.74) is 1.05. The lowest BCUT2D eigenvalue weighted by Gasteiger charge is -2.23. The summed E-state index contributed by atoms with van der Waals surface area (Å²) >= 11 is 0. The Bertz CT molecular complexity index is 712. The number of sulfonamides is 1. The number of benzene rings is 1. The molecule has 2 saturated heterocycles. The van der Waals surface area contributed by atoms with Gasteiger partial charge in [0.15, 0.2) is 0 Å². The highest BCUT2D eigenvalue weighted by molar-refractivity contribution is 7.89. The van der Waals surface area contributed by atoms with Crippen molar-refractivity contribution in [3.63, 3.8) is 0 Å². The molecular weight excluding hydrogens is 350 g/mol. The van der Waals surface area contributed by atoms with E-state index in [1.807, 2.05) is 17.0 Å². The van der Waals surface area contributed by atoms with Crippen molar-refractivity contribution in [1.29, 1.82) is 0 Å². The molecule has 1 aromatic rings. The fraction of sp³-hybridized carbons (Fsp3) is 0.632. The Balaban J connectivity index is 1.51. The zero-order valence-electron chi connectivity index (χ0n) is 15.5. The number of nitrogens with one attached hydrogen (secondary N) is 1. The average molecular weight is 380 g/mol. The third kappa shape index (κ3) is 4.84. The average Bonchev–Trinajstić information content (AvgIpc) is 3.30. The molecule has 0 aliphatic carbocycles. The van der Waals surface area contributed by atoms with E-state index in [0.717, 1.165) is 38.0 Å². The van der Waals surface area contributed by atoms with Gasteiger partial charge in [0.25, 0.3) is 0 Å². The van der Waals surface area contributed by atoms with Crippen LogP contribution in [0.4, 0.5) is 0 Å². The van der Waals surface area contributed by atoms with E-state index in [0.29, 0.717) is 24.4 Å². The third-order valence-corrected chi connectivity index (χ3v) is 6.85. The second kappa shape index (κ2) is 8.50. The minimum Gasteiger partial charge on any atom is -0.342 e. The quantitative estimate of drug-likeness (QED) is 0.745. The van der Waals surface area contributed by atoms with Gasteiger partial charge in [-0.1, -0.05) is 12.1 Å². The van der Waals surface area contributed by atoms with E-state index in [1.54, 1.807) is 12.1 Å². The molecule has 1 aromatic carbocycles. The lowest BCUT2D eigenvalue weighted by Crippen LogP contribution is -2.40. The predicted molar refractivity (Wildman–Crippen MR) is 101 cm³/mol. The number of carbonyl (C=O) groups is 1. The van der Waals surface area contributed by atoms with Crippen LogP contribution in [0.2, 0.25) is 0 Å². The molecule has 144 valence electrons. The molecular formula is C19H29N3O3S. The normalized spacial score (nSPS) is 20.0. The minimum atomic E-state index is -3.48. The zero-order valence-corrected chi connectivity index (χ0v) is 16.3. The molecule has 2 heterocycles. The van der Waals surface area contributed by atoms with Gasteiger partial charge in [-0.05, 0) is 63.4 Å². The highest BCUT2D eigenvalue weighted by Gasteiger charge is 2.22. The molecule has 1 N–H and O–H groups in total. The summed E-state index contributed by atoms with van der Waals surface area (Å²) in [6.45, 7) is 6.15. The Morgan fingerprint density at radius 3 is 2.38 bits per heavy atom. The van der Waals surface area contributed by atoms with Crippen molar-refractivity contribution in [3.8, 4) is 0 Å². The van der Waals surface area contributed by atoms with Crippen molar-refractivity contribution in [2.75, 3.05) is 32.7 Å². The van der Waals surface area contributed by atoms with Crippen LogP contribution in [-0.2, 0) is 21.2 Å². The van der Waals surface area contributed by atoms with Crippen LogP contribution in [0.25, 0.3) is 0 Å². The fourth-order valence-corrected chi connectivity index (χ4v) is 4.79. The molecule has 26 heavy (non-hydrogen) atoms. The summed E-state index contributed by atoms with van der Waals surface area (Å²) in [5, 5.41) is 0. The first-order valence-electron chi connectivity index (χ1n) is 9.56. The number of hydrogen-bond acceptors (Lipinski definition) is 4. The Kier molecular flexibility index (Phi) is 6.32. The fourth-order valence-electron chi connectivity index (χ4n) is 3.66. The van der Waals surface area contributed by atoms with Crippen molar-refractivity contribution in [1.82, 2.24) is 14.5 Å². The monoisotopic (exact) mass is 379 g/mol. The van der Waals surface area contributed by atoms with Crippen LogP contribution in [0, 0.1) is 0 Å². The molecule has 2 aliphatic rings. The van der Waals surface area contributed by atoms with Crippen molar-refractivity contribution in [2.24, 2.45) is 0 Å². The maximum absolute atomic E-state index is 12.5. The maximum atomic E-state index is 12.5. The van der Waals surface area contributed by atoms with Gasteiger partial charge in [0.1, 0.15) is 0 Å². The van der Waals surface area contributed by atoms with Crippen LogP contribution in [0.15, 0.2) is 29.2 Å². The molecule has 1 unspecified atom stereocenters. The first-order chi connectivity index (χ1) is 12.5. The highest BCUT2D eigenvalue weighted by Crippen LogP contribution is 2.15. The molecule has 0 radical (unpaired) electrons. The molecule has 2 fully saturated rings. The zero-order chi connectivity index (χ0) is 18.6. The van der Waals surface area contributed by atoms with Crippen LogP contribution in [0.1, 0.15) is 38.2 Å². The standard InChI is InChI=1S/C19H29N3O3S/c1-16(21-11-2-3-12-21)15-20-26(24,25)18-8-6-17(7-9-18)10-14-22-13-4-5-19(22)23/h6-9,16,20H,2-5,10-15H2,1H3. The van der Waals surface area contributed by atoms with Crippen molar-refractivity contribution in [2.45, 2.75) is 50.0 Å². The van der Waals surface area contributed by atoms with Gasteiger partial charge < -0.3 is 4.90 Å². The molecule has 0 bridgehead atoms.